The number of halogens is 13. The van der Waals surface area contributed by atoms with Crippen molar-refractivity contribution < 1.29 is 71.3 Å². The quantitative estimate of drug-likeness (QED) is 0.194. The second-order valence-corrected chi connectivity index (χ2v) is 6.59. The summed E-state index contributed by atoms with van der Waals surface area (Å²) in [5, 5.41) is 0. The Balaban J connectivity index is 3.12. The Kier molecular flexibility index (Phi) is 8.22. The van der Waals surface area contributed by atoms with Crippen LogP contribution in [0.5, 0.6) is 5.75 Å². The van der Waals surface area contributed by atoms with Gasteiger partial charge in [-0.15, -0.1) is 0 Å². The van der Waals surface area contributed by atoms with Gasteiger partial charge >= 0.3 is 41.9 Å². The summed E-state index contributed by atoms with van der Waals surface area (Å²) in [6.07, 6.45) is -17.7. The molecule has 16 heteroatoms. The number of alkyl halides is 13. The molecule has 1 rings (SSSR count). The Bertz CT molecular complexity index is 874. The highest BCUT2D eigenvalue weighted by atomic mass is 19.4. The van der Waals surface area contributed by atoms with Crippen LogP contribution in [0.3, 0.4) is 0 Å². The van der Waals surface area contributed by atoms with Gasteiger partial charge in [0.15, 0.2) is 0 Å². The molecular formula is C18H13F13O3. The zero-order valence-corrected chi connectivity index (χ0v) is 16.5. The standard InChI is InChI=1S/C18H13F13O3/c1-33-11-5-2-10(3-6-11)4-7-12(32)34-18(30,31)17(28,29)16(26,27)15(24,25)13(19,20)8-9-14(21,22)23/h2-7H,8-9H2,1H3. The van der Waals surface area contributed by atoms with Gasteiger partial charge in [-0.3, -0.25) is 0 Å². The highest BCUT2D eigenvalue weighted by Gasteiger charge is 2.87. The zero-order valence-electron chi connectivity index (χ0n) is 16.5. The monoisotopic (exact) mass is 524 g/mol. The van der Waals surface area contributed by atoms with E-state index >= 15 is 0 Å². The molecule has 194 valence electrons. The van der Waals surface area contributed by atoms with Crippen LogP contribution < -0.4 is 4.74 Å². The Hall–Kier alpha value is -2.68. The highest BCUT2D eigenvalue weighted by molar-refractivity contribution is 5.87. The van der Waals surface area contributed by atoms with Crippen molar-refractivity contribution in [1.82, 2.24) is 0 Å². The molecule has 0 amide bonds. The molecular weight excluding hydrogens is 511 g/mol. The van der Waals surface area contributed by atoms with Crippen LogP contribution in [-0.4, -0.2) is 49.1 Å². The van der Waals surface area contributed by atoms with Crippen LogP contribution in [0, 0.1) is 0 Å². The fourth-order valence-corrected chi connectivity index (χ4v) is 2.17. The average molecular weight is 524 g/mol. The Morgan fingerprint density at radius 2 is 1.26 bits per heavy atom. The summed E-state index contributed by atoms with van der Waals surface area (Å²) in [7, 11) is 1.27. The Morgan fingerprint density at radius 1 is 0.765 bits per heavy atom. The van der Waals surface area contributed by atoms with Gasteiger partial charge in [0.05, 0.1) is 7.11 Å². The van der Waals surface area contributed by atoms with Gasteiger partial charge in [-0.25, -0.2) is 4.79 Å². The molecule has 1 aromatic rings. The Morgan fingerprint density at radius 3 is 1.71 bits per heavy atom. The van der Waals surface area contributed by atoms with E-state index in [-0.39, 0.29) is 11.6 Å². The van der Waals surface area contributed by atoms with Crippen LogP contribution in [0.25, 0.3) is 6.08 Å². The lowest BCUT2D eigenvalue weighted by molar-refractivity contribution is -0.437. The van der Waals surface area contributed by atoms with Crippen LogP contribution in [-0.2, 0) is 9.53 Å². The summed E-state index contributed by atoms with van der Waals surface area (Å²) < 4.78 is 179. The van der Waals surface area contributed by atoms with Crippen LogP contribution in [0.2, 0.25) is 0 Å². The predicted octanol–water partition coefficient (Wildman–Crippen LogP) is 6.73. The number of hydrogen-bond acceptors (Lipinski definition) is 3. The average Bonchev–Trinajstić information content (AvgIpc) is 2.69. The second-order valence-electron chi connectivity index (χ2n) is 6.59. The van der Waals surface area contributed by atoms with E-state index in [9.17, 15) is 61.9 Å². The smallest absolute Gasteiger partial charge is 0.473 e. The van der Waals surface area contributed by atoms with Crippen molar-refractivity contribution in [3.63, 3.8) is 0 Å². The van der Waals surface area contributed by atoms with Gasteiger partial charge < -0.3 is 9.47 Å². The topological polar surface area (TPSA) is 35.5 Å². The summed E-state index contributed by atoms with van der Waals surface area (Å²) >= 11 is 0. The fourth-order valence-electron chi connectivity index (χ4n) is 2.17. The van der Waals surface area contributed by atoms with Gasteiger partial charge in [0.1, 0.15) is 5.75 Å². The first-order valence-corrected chi connectivity index (χ1v) is 8.62. The van der Waals surface area contributed by atoms with Gasteiger partial charge in [-0.05, 0) is 23.8 Å². The first kappa shape index (κ1) is 29.4. The van der Waals surface area contributed by atoms with Crippen molar-refractivity contribution in [1.29, 1.82) is 0 Å². The molecule has 0 aliphatic rings. The van der Waals surface area contributed by atoms with E-state index in [1.165, 1.54) is 31.4 Å². The molecule has 0 unspecified atom stereocenters. The van der Waals surface area contributed by atoms with E-state index in [1.807, 2.05) is 0 Å². The summed E-state index contributed by atoms with van der Waals surface area (Å²) in [6, 6.07) is 4.98. The number of rotatable bonds is 10. The first-order valence-electron chi connectivity index (χ1n) is 8.62. The molecule has 0 heterocycles. The van der Waals surface area contributed by atoms with E-state index in [0.29, 0.717) is 11.8 Å². The van der Waals surface area contributed by atoms with Crippen LogP contribution >= 0.6 is 0 Å². The first-order chi connectivity index (χ1) is 15.1. The minimum atomic E-state index is -7.67. The lowest BCUT2D eigenvalue weighted by atomic mass is 9.95. The summed E-state index contributed by atoms with van der Waals surface area (Å²) in [5.41, 5.74) is 0.0361. The molecule has 0 aliphatic carbocycles. The lowest BCUT2D eigenvalue weighted by Gasteiger charge is -2.38. The largest absolute Gasteiger partial charge is 0.497 e. The molecule has 0 atom stereocenters. The maximum absolute atomic E-state index is 13.6. The van der Waals surface area contributed by atoms with Crippen molar-refractivity contribution in [3.8, 4) is 5.75 Å². The van der Waals surface area contributed by atoms with Crippen molar-refractivity contribution >= 4 is 12.0 Å². The third-order valence-electron chi connectivity index (χ3n) is 4.09. The normalized spacial score (nSPS) is 14.4. The number of methoxy groups -OCH3 is 1. The molecule has 0 N–H and O–H groups in total. The van der Waals surface area contributed by atoms with E-state index < -0.39 is 54.8 Å². The third-order valence-corrected chi connectivity index (χ3v) is 4.09. The van der Waals surface area contributed by atoms with Crippen LogP contribution in [0.15, 0.2) is 30.3 Å². The summed E-state index contributed by atoms with van der Waals surface area (Å²) in [5.74, 6) is -31.2. The SMILES string of the molecule is COc1ccc(C=CC(=O)OC(F)(F)C(F)(F)C(F)(F)C(F)(F)C(F)(F)CCC(F)(F)F)cc1. The summed E-state index contributed by atoms with van der Waals surface area (Å²) in [4.78, 5) is 11.3. The van der Waals surface area contributed by atoms with E-state index in [1.54, 1.807) is 0 Å². The van der Waals surface area contributed by atoms with E-state index in [4.69, 9.17) is 4.74 Å². The predicted molar refractivity (Wildman–Crippen MR) is 88.1 cm³/mol. The van der Waals surface area contributed by atoms with Gasteiger partial charge in [-0.2, -0.15) is 57.1 Å². The molecule has 1 aromatic carbocycles. The zero-order chi connectivity index (χ0) is 26.8. The van der Waals surface area contributed by atoms with E-state index in [2.05, 4.69) is 4.74 Å². The molecule has 0 aliphatic heterocycles. The molecule has 3 nitrogen and oxygen atoms in total. The maximum atomic E-state index is 13.6. The van der Waals surface area contributed by atoms with Crippen molar-refractivity contribution in [3.05, 3.63) is 35.9 Å². The number of benzene rings is 1. The summed E-state index contributed by atoms with van der Waals surface area (Å²) in [6.45, 7) is 0. The minimum Gasteiger partial charge on any atom is -0.497 e. The molecule has 0 bridgehead atoms. The molecule has 0 aromatic heterocycles. The second kappa shape index (κ2) is 9.52. The molecule has 0 radical (unpaired) electrons. The van der Waals surface area contributed by atoms with E-state index in [0.717, 1.165) is 0 Å². The van der Waals surface area contributed by atoms with Gasteiger partial charge in [0.25, 0.3) is 0 Å². The number of carbonyl (C=O) groups excluding carboxylic acids is 1. The third kappa shape index (κ3) is 6.05. The molecule has 0 spiro atoms. The van der Waals surface area contributed by atoms with Crippen molar-refractivity contribution in [2.45, 2.75) is 48.8 Å². The lowest BCUT2D eigenvalue weighted by Crippen LogP contribution is -2.68. The van der Waals surface area contributed by atoms with Crippen LogP contribution in [0.1, 0.15) is 18.4 Å². The fraction of sp³-hybridized carbons (Fsp3) is 0.500. The molecule has 0 saturated carbocycles. The molecule has 0 fully saturated rings. The number of ether oxygens (including phenoxy) is 2. The van der Waals surface area contributed by atoms with Gasteiger partial charge in [0, 0.05) is 18.9 Å². The maximum Gasteiger partial charge on any atom is 0.473 e. The Labute approximate surface area is 182 Å². The number of esters is 1. The highest BCUT2D eigenvalue weighted by Crippen LogP contribution is 2.58. The minimum absolute atomic E-state index is 0.0000201. The van der Waals surface area contributed by atoms with Crippen molar-refractivity contribution in [2.24, 2.45) is 0 Å². The number of hydrogen-bond donors (Lipinski definition) is 0. The molecule has 0 saturated heterocycles. The van der Waals surface area contributed by atoms with Gasteiger partial charge in [0.2, 0.25) is 0 Å². The number of carbonyl (C=O) groups is 1. The van der Waals surface area contributed by atoms with Gasteiger partial charge in [-0.1, -0.05) is 12.1 Å². The molecule has 34 heavy (non-hydrogen) atoms. The van der Waals surface area contributed by atoms with Crippen LogP contribution in [0.4, 0.5) is 57.1 Å². The van der Waals surface area contributed by atoms with Crippen molar-refractivity contribution in [2.75, 3.05) is 7.11 Å².